The molecule has 168 valence electrons. The molecule has 2 aliphatic heterocycles. The van der Waals surface area contributed by atoms with E-state index in [1.54, 1.807) is 0 Å². The zero-order valence-electron chi connectivity index (χ0n) is 19.0. The molecule has 0 atom stereocenters. The fourth-order valence-corrected chi connectivity index (χ4v) is 4.55. The highest BCUT2D eigenvalue weighted by atomic mass is 16.5. The molecule has 2 saturated heterocycles. The van der Waals surface area contributed by atoms with Crippen molar-refractivity contribution < 1.29 is 14.2 Å². The summed E-state index contributed by atoms with van der Waals surface area (Å²) in [5.41, 5.74) is 1.41. The van der Waals surface area contributed by atoms with Crippen LogP contribution in [0.5, 0.6) is 5.75 Å². The van der Waals surface area contributed by atoms with Crippen LogP contribution in [0.2, 0.25) is 0 Å². The first kappa shape index (κ1) is 22.9. The van der Waals surface area contributed by atoms with Crippen LogP contribution in [0.4, 0.5) is 0 Å². The van der Waals surface area contributed by atoms with Crippen molar-refractivity contribution in [2.24, 2.45) is 10.9 Å². The highest BCUT2D eigenvalue weighted by molar-refractivity contribution is 5.79. The molecule has 2 aliphatic rings. The van der Waals surface area contributed by atoms with Gasteiger partial charge in [-0.3, -0.25) is 4.99 Å². The van der Waals surface area contributed by atoms with Gasteiger partial charge in [0.2, 0.25) is 0 Å². The molecule has 3 rings (SSSR count). The molecule has 2 fully saturated rings. The molecule has 6 nitrogen and oxygen atoms in total. The van der Waals surface area contributed by atoms with E-state index in [-0.39, 0.29) is 5.41 Å². The fraction of sp³-hybridized carbons (Fsp3) is 0.708. The van der Waals surface area contributed by atoms with Crippen LogP contribution in [-0.4, -0.2) is 71.1 Å². The lowest BCUT2D eigenvalue weighted by Gasteiger charge is -2.39. The second-order valence-corrected chi connectivity index (χ2v) is 8.52. The van der Waals surface area contributed by atoms with Crippen molar-refractivity contribution >= 4 is 5.96 Å². The van der Waals surface area contributed by atoms with Gasteiger partial charge in [-0.1, -0.05) is 12.1 Å². The molecule has 1 aromatic rings. The number of aliphatic imine (C=N–C) groups is 1. The van der Waals surface area contributed by atoms with Crippen LogP contribution in [0.15, 0.2) is 29.3 Å². The van der Waals surface area contributed by atoms with Crippen molar-refractivity contribution in [2.75, 3.05) is 60.2 Å². The highest BCUT2D eigenvalue weighted by Crippen LogP contribution is 2.35. The molecular formula is C24H39N3O3. The maximum atomic E-state index is 5.69. The predicted molar refractivity (Wildman–Crippen MR) is 121 cm³/mol. The maximum absolute atomic E-state index is 5.69. The zero-order chi connectivity index (χ0) is 21.2. The summed E-state index contributed by atoms with van der Waals surface area (Å²) in [6.45, 7) is 8.00. The fourth-order valence-electron chi connectivity index (χ4n) is 4.55. The minimum absolute atomic E-state index is 0.0560. The van der Waals surface area contributed by atoms with Crippen LogP contribution in [0.25, 0.3) is 0 Å². The first-order valence-corrected chi connectivity index (χ1v) is 11.5. The van der Waals surface area contributed by atoms with Gasteiger partial charge in [0, 0.05) is 59.0 Å². The van der Waals surface area contributed by atoms with Crippen molar-refractivity contribution in [3.05, 3.63) is 29.8 Å². The number of hydrogen-bond donors (Lipinski definition) is 1. The Morgan fingerprint density at radius 2 is 1.80 bits per heavy atom. The van der Waals surface area contributed by atoms with Gasteiger partial charge in [0.15, 0.2) is 5.96 Å². The third-order valence-corrected chi connectivity index (χ3v) is 6.60. The van der Waals surface area contributed by atoms with Crippen LogP contribution < -0.4 is 10.1 Å². The van der Waals surface area contributed by atoms with Crippen molar-refractivity contribution in [1.82, 2.24) is 10.2 Å². The van der Waals surface area contributed by atoms with Crippen LogP contribution >= 0.6 is 0 Å². The Balaban J connectivity index is 1.60. The van der Waals surface area contributed by atoms with Gasteiger partial charge >= 0.3 is 0 Å². The number of benzene rings is 1. The van der Waals surface area contributed by atoms with E-state index in [2.05, 4.69) is 46.5 Å². The average Bonchev–Trinajstić information content (AvgIpc) is 2.80. The lowest BCUT2D eigenvalue weighted by Crippen LogP contribution is -2.48. The molecule has 0 amide bonds. The monoisotopic (exact) mass is 417 g/mol. The van der Waals surface area contributed by atoms with Gasteiger partial charge in [0.25, 0.3) is 0 Å². The summed E-state index contributed by atoms with van der Waals surface area (Å²) in [6.07, 6.45) is 5.58. The van der Waals surface area contributed by atoms with Gasteiger partial charge in [0.05, 0.1) is 6.61 Å². The van der Waals surface area contributed by atoms with E-state index in [0.29, 0.717) is 6.61 Å². The zero-order valence-corrected chi connectivity index (χ0v) is 19.0. The summed E-state index contributed by atoms with van der Waals surface area (Å²) in [6, 6.07) is 8.61. The number of guanidine groups is 1. The number of nitrogens with one attached hydrogen (secondary N) is 1. The van der Waals surface area contributed by atoms with Gasteiger partial charge in [-0.25, -0.2) is 0 Å². The van der Waals surface area contributed by atoms with E-state index >= 15 is 0 Å². The Labute approximate surface area is 182 Å². The SMILES string of the molecule is CCOc1ccc(C2(CNC(=NC)N(C)CCC3CCOCC3)CCOCC2)cc1. The summed E-state index contributed by atoms with van der Waals surface area (Å²) in [5, 5.41) is 3.67. The topological polar surface area (TPSA) is 55.3 Å². The second-order valence-electron chi connectivity index (χ2n) is 8.52. The normalized spacial score (nSPS) is 20.0. The van der Waals surface area contributed by atoms with E-state index in [0.717, 1.165) is 70.0 Å². The minimum atomic E-state index is 0.0560. The Hall–Kier alpha value is -1.79. The first-order valence-electron chi connectivity index (χ1n) is 11.5. The molecule has 0 unspecified atom stereocenters. The third kappa shape index (κ3) is 6.11. The van der Waals surface area contributed by atoms with Crippen molar-refractivity contribution in [3.63, 3.8) is 0 Å². The molecule has 0 spiro atoms. The highest BCUT2D eigenvalue weighted by Gasteiger charge is 2.35. The van der Waals surface area contributed by atoms with E-state index < -0.39 is 0 Å². The van der Waals surface area contributed by atoms with Crippen LogP contribution in [0.3, 0.4) is 0 Å². The van der Waals surface area contributed by atoms with Crippen molar-refractivity contribution in [2.45, 2.75) is 44.4 Å². The molecule has 0 radical (unpaired) electrons. The van der Waals surface area contributed by atoms with Crippen molar-refractivity contribution in [3.8, 4) is 5.75 Å². The summed E-state index contributed by atoms with van der Waals surface area (Å²) < 4.78 is 16.8. The summed E-state index contributed by atoms with van der Waals surface area (Å²) in [7, 11) is 4.02. The summed E-state index contributed by atoms with van der Waals surface area (Å²) in [5.74, 6) is 2.67. The molecule has 0 bridgehead atoms. The largest absolute Gasteiger partial charge is 0.494 e. The number of nitrogens with zero attached hydrogens (tertiary/aromatic N) is 2. The number of ether oxygens (including phenoxy) is 3. The van der Waals surface area contributed by atoms with E-state index in [9.17, 15) is 0 Å². The van der Waals surface area contributed by atoms with Crippen LogP contribution in [-0.2, 0) is 14.9 Å². The Kier molecular flexibility index (Phi) is 8.82. The minimum Gasteiger partial charge on any atom is -0.494 e. The first-order chi connectivity index (χ1) is 14.7. The molecule has 1 aromatic carbocycles. The number of hydrogen-bond acceptors (Lipinski definition) is 4. The van der Waals surface area contributed by atoms with Crippen LogP contribution in [0, 0.1) is 5.92 Å². The van der Waals surface area contributed by atoms with Crippen LogP contribution in [0.1, 0.15) is 44.6 Å². The lowest BCUT2D eigenvalue weighted by atomic mass is 9.74. The Morgan fingerprint density at radius 3 is 2.43 bits per heavy atom. The van der Waals surface area contributed by atoms with Gasteiger partial charge in [-0.15, -0.1) is 0 Å². The van der Waals surface area contributed by atoms with Gasteiger partial charge in [0.1, 0.15) is 5.75 Å². The molecule has 2 heterocycles. The molecule has 6 heteroatoms. The Bertz CT molecular complexity index is 650. The smallest absolute Gasteiger partial charge is 0.193 e. The van der Waals surface area contributed by atoms with E-state index in [1.165, 1.54) is 24.8 Å². The summed E-state index contributed by atoms with van der Waals surface area (Å²) in [4.78, 5) is 6.82. The van der Waals surface area contributed by atoms with E-state index in [4.69, 9.17) is 14.2 Å². The molecular weight excluding hydrogens is 378 g/mol. The quantitative estimate of drug-likeness (QED) is 0.519. The molecule has 0 saturated carbocycles. The molecule has 30 heavy (non-hydrogen) atoms. The second kappa shape index (κ2) is 11.6. The van der Waals surface area contributed by atoms with Gasteiger partial charge < -0.3 is 24.4 Å². The molecule has 1 N–H and O–H groups in total. The Morgan fingerprint density at radius 1 is 1.13 bits per heavy atom. The maximum Gasteiger partial charge on any atom is 0.193 e. The molecule has 0 aliphatic carbocycles. The van der Waals surface area contributed by atoms with E-state index in [1.807, 2.05) is 14.0 Å². The average molecular weight is 418 g/mol. The molecule has 0 aromatic heterocycles. The standard InChI is InChI=1S/C24H39N3O3/c1-4-30-22-7-5-21(6-8-22)24(12-17-29-18-13-24)19-26-23(25-2)27(3)14-9-20-10-15-28-16-11-20/h5-8,20H,4,9-19H2,1-3H3,(H,25,26). The number of rotatable bonds is 8. The van der Waals surface area contributed by atoms with Gasteiger partial charge in [-0.05, 0) is 62.6 Å². The van der Waals surface area contributed by atoms with Gasteiger partial charge in [-0.2, -0.15) is 0 Å². The predicted octanol–water partition coefficient (Wildman–Crippen LogP) is 3.46. The van der Waals surface area contributed by atoms with Crippen molar-refractivity contribution in [1.29, 1.82) is 0 Å². The lowest BCUT2D eigenvalue weighted by molar-refractivity contribution is 0.0510. The summed E-state index contributed by atoms with van der Waals surface area (Å²) >= 11 is 0. The third-order valence-electron chi connectivity index (χ3n) is 6.60.